The first-order valence-electron chi connectivity index (χ1n) is 6.89. The van der Waals surface area contributed by atoms with Crippen molar-refractivity contribution >= 4 is 5.91 Å². The maximum absolute atomic E-state index is 11.6. The summed E-state index contributed by atoms with van der Waals surface area (Å²) in [6, 6.07) is 0. The third-order valence-electron chi connectivity index (χ3n) is 3.39. The van der Waals surface area contributed by atoms with Crippen LogP contribution in [-0.2, 0) is 14.3 Å². The Bertz CT molecular complexity index is 261. The fourth-order valence-corrected chi connectivity index (χ4v) is 2.47. The second-order valence-electron chi connectivity index (χ2n) is 4.82. The summed E-state index contributed by atoms with van der Waals surface area (Å²) in [6.45, 7) is 6.79. The molecule has 2 unspecified atom stereocenters. The smallest absolute Gasteiger partial charge is 0.237 e. The van der Waals surface area contributed by atoms with Gasteiger partial charge in [0.05, 0.1) is 19.3 Å². The summed E-state index contributed by atoms with van der Waals surface area (Å²) in [5.74, 6) is -0.266. The number of carbonyl (C=O) groups is 1. The van der Waals surface area contributed by atoms with Gasteiger partial charge in [-0.2, -0.15) is 0 Å². The SMILES string of the molecule is CCCOCCOC1CCC(NCC)(C(N)=O)C1. The van der Waals surface area contributed by atoms with E-state index in [-0.39, 0.29) is 12.0 Å². The van der Waals surface area contributed by atoms with Crippen molar-refractivity contribution in [1.82, 2.24) is 5.32 Å². The minimum Gasteiger partial charge on any atom is -0.379 e. The number of hydrogen-bond donors (Lipinski definition) is 2. The van der Waals surface area contributed by atoms with Gasteiger partial charge in [0.2, 0.25) is 5.91 Å². The van der Waals surface area contributed by atoms with Crippen molar-refractivity contribution in [3.63, 3.8) is 0 Å². The Balaban J connectivity index is 2.28. The van der Waals surface area contributed by atoms with Crippen molar-refractivity contribution < 1.29 is 14.3 Å². The number of ether oxygens (including phenoxy) is 2. The molecule has 0 heterocycles. The van der Waals surface area contributed by atoms with E-state index < -0.39 is 5.54 Å². The molecule has 0 aromatic carbocycles. The Kier molecular flexibility index (Phi) is 6.60. The number of nitrogens with one attached hydrogen (secondary N) is 1. The molecule has 1 saturated carbocycles. The average Bonchev–Trinajstić information content (AvgIpc) is 2.74. The van der Waals surface area contributed by atoms with E-state index in [1.807, 2.05) is 6.92 Å². The van der Waals surface area contributed by atoms with Crippen LogP contribution < -0.4 is 11.1 Å². The molecule has 1 aliphatic rings. The lowest BCUT2D eigenvalue weighted by molar-refractivity contribution is -0.124. The van der Waals surface area contributed by atoms with Crippen molar-refractivity contribution in [3.8, 4) is 0 Å². The van der Waals surface area contributed by atoms with Gasteiger partial charge in [0.15, 0.2) is 0 Å². The van der Waals surface area contributed by atoms with Crippen LogP contribution in [0, 0.1) is 0 Å². The summed E-state index contributed by atoms with van der Waals surface area (Å²) in [5, 5.41) is 3.21. The molecule has 18 heavy (non-hydrogen) atoms. The fourth-order valence-electron chi connectivity index (χ4n) is 2.47. The van der Waals surface area contributed by atoms with E-state index in [0.717, 1.165) is 32.4 Å². The zero-order valence-corrected chi connectivity index (χ0v) is 11.5. The Labute approximate surface area is 109 Å². The van der Waals surface area contributed by atoms with Crippen LogP contribution in [0.4, 0.5) is 0 Å². The van der Waals surface area contributed by atoms with Gasteiger partial charge in [-0.05, 0) is 25.8 Å². The van der Waals surface area contributed by atoms with Crippen LogP contribution in [0.15, 0.2) is 0 Å². The molecule has 0 aromatic rings. The first-order valence-corrected chi connectivity index (χ1v) is 6.89. The van der Waals surface area contributed by atoms with Gasteiger partial charge in [0.25, 0.3) is 0 Å². The molecule has 1 fully saturated rings. The van der Waals surface area contributed by atoms with E-state index in [9.17, 15) is 4.79 Å². The number of rotatable bonds is 9. The summed E-state index contributed by atoms with van der Waals surface area (Å²) in [5.41, 5.74) is 4.93. The van der Waals surface area contributed by atoms with E-state index in [1.54, 1.807) is 0 Å². The van der Waals surface area contributed by atoms with E-state index in [0.29, 0.717) is 19.6 Å². The van der Waals surface area contributed by atoms with Crippen LogP contribution in [0.5, 0.6) is 0 Å². The maximum Gasteiger partial charge on any atom is 0.237 e. The first kappa shape index (κ1) is 15.4. The van der Waals surface area contributed by atoms with Gasteiger partial charge in [-0.25, -0.2) is 0 Å². The fraction of sp³-hybridized carbons (Fsp3) is 0.923. The molecule has 106 valence electrons. The largest absolute Gasteiger partial charge is 0.379 e. The van der Waals surface area contributed by atoms with Gasteiger partial charge in [0, 0.05) is 13.0 Å². The molecule has 1 aliphatic carbocycles. The average molecular weight is 258 g/mol. The van der Waals surface area contributed by atoms with Crippen molar-refractivity contribution in [2.75, 3.05) is 26.4 Å². The van der Waals surface area contributed by atoms with Crippen LogP contribution in [-0.4, -0.2) is 43.9 Å². The highest BCUT2D eigenvalue weighted by molar-refractivity contribution is 5.85. The van der Waals surface area contributed by atoms with Crippen LogP contribution in [0.2, 0.25) is 0 Å². The van der Waals surface area contributed by atoms with Gasteiger partial charge >= 0.3 is 0 Å². The quantitative estimate of drug-likeness (QED) is 0.600. The van der Waals surface area contributed by atoms with Gasteiger partial charge in [-0.3, -0.25) is 4.79 Å². The molecule has 0 spiro atoms. The number of primary amides is 1. The molecule has 3 N–H and O–H groups in total. The zero-order valence-electron chi connectivity index (χ0n) is 11.5. The highest BCUT2D eigenvalue weighted by Gasteiger charge is 2.43. The lowest BCUT2D eigenvalue weighted by Crippen LogP contribution is -2.53. The minimum atomic E-state index is -0.566. The van der Waals surface area contributed by atoms with Crippen molar-refractivity contribution in [3.05, 3.63) is 0 Å². The number of nitrogens with two attached hydrogens (primary N) is 1. The maximum atomic E-state index is 11.6. The second kappa shape index (κ2) is 7.71. The number of hydrogen-bond acceptors (Lipinski definition) is 4. The minimum absolute atomic E-state index is 0.113. The molecule has 0 saturated heterocycles. The molecule has 1 amide bonds. The summed E-state index contributed by atoms with van der Waals surface area (Å²) >= 11 is 0. The molecule has 5 heteroatoms. The standard InChI is InChI=1S/C13H26N2O3/c1-3-7-17-8-9-18-11-5-6-13(10-11,12(14)16)15-4-2/h11,15H,3-10H2,1-2H3,(H2,14,16). The van der Waals surface area contributed by atoms with Gasteiger partial charge in [0.1, 0.15) is 5.54 Å². The summed E-state index contributed by atoms with van der Waals surface area (Å²) in [6.07, 6.45) is 3.45. The molecule has 2 atom stereocenters. The molecule has 0 bridgehead atoms. The molecular formula is C13H26N2O3. The number of likely N-dealkylation sites (N-methyl/N-ethyl adjacent to an activating group) is 1. The van der Waals surface area contributed by atoms with Crippen LogP contribution in [0.3, 0.4) is 0 Å². The molecule has 0 aromatic heterocycles. The van der Waals surface area contributed by atoms with Crippen molar-refractivity contribution in [2.45, 2.75) is 51.2 Å². The second-order valence-corrected chi connectivity index (χ2v) is 4.82. The monoisotopic (exact) mass is 258 g/mol. The third kappa shape index (κ3) is 4.23. The summed E-state index contributed by atoms with van der Waals surface area (Å²) < 4.78 is 11.1. The summed E-state index contributed by atoms with van der Waals surface area (Å²) in [4.78, 5) is 11.6. The van der Waals surface area contributed by atoms with Crippen LogP contribution in [0.1, 0.15) is 39.5 Å². The first-order chi connectivity index (χ1) is 8.64. The molecule has 0 aliphatic heterocycles. The predicted octanol–water partition coefficient (Wildman–Crippen LogP) is 0.816. The molecule has 1 rings (SSSR count). The van der Waals surface area contributed by atoms with Crippen molar-refractivity contribution in [1.29, 1.82) is 0 Å². The van der Waals surface area contributed by atoms with Crippen LogP contribution >= 0.6 is 0 Å². The molecular weight excluding hydrogens is 232 g/mol. The highest BCUT2D eigenvalue weighted by atomic mass is 16.5. The van der Waals surface area contributed by atoms with Gasteiger partial charge in [-0.1, -0.05) is 13.8 Å². The topological polar surface area (TPSA) is 73.6 Å². The van der Waals surface area contributed by atoms with E-state index in [2.05, 4.69) is 12.2 Å². The Morgan fingerprint density at radius 2 is 2.17 bits per heavy atom. The Morgan fingerprint density at radius 1 is 1.39 bits per heavy atom. The lowest BCUT2D eigenvalue weighted by Gasteiger charge is -2.26. The highest BCUT2D eigenvalue weighted by Crippen LogP contribution is 2.31. The van der Waals surface area contributed by atoms with Crippen LogP contribution in [0.25, 0.3) is 0 Å². The third-order valence-corrected chi connectivity index (χ3v) is 3.39. The molecule has 5 nitrogen and oxygen atoms in total. The summed E-state index contributed by atoms with van der Waals surface area (Å²) in [7, 11) is 0. The van der Waals surface area contributed by atoms with E-state index in [1.165, 1.54) is 0 Å². The van der Waals surface area contributed by atoms with Crippen molar-refractivity contribution in [2.24, 2.45) is 5.73 Å². The number of amides is 1. The van der Waals surface area contributed by atoms with E-state index >= 15 is 0 Å². The Morgan fingerprint density at radius 3 is 2.78 bits per heavy atom. The lowest BCUT2D eigenvalue weighted by atomic mass is 9.96. The molecule has 0 radical (unpaired) electrons. The normalized spacial score (nSPS) is 27.6. The predicted molar refractivity (Wildman–Crippen MR) is 70.3 cm³/mol. The van der Waals surface area contributed by atoms with Gasteiger partial charge in [-0.15, -0.1) is 0 Å². The van der Waals surface area contributed by atoms with Gasteiger partial charge < -0.3 is 20.5 Å². The zero-order chi connectivity index (χ0) is 13.4. The number of carbonyl (C=O) groups excluding carboxylic acids is 1. The van der Waals surface area contributed by atoms with E-state index in [4.69, 9.17) is 15.2 Å². The Hall–Kier alpha value is -0.650.